The molecule has 0 heterocycles. The normalized spacial score (nSPS) is 14.0. The van der Waals surface area contributed by atoms with Crippen LogP contribution < -0.4 is 16.4 Å². The third-order valence-corrected chi connectivity index (χ3v) is 4.14. The van der Waals surface area contributed by atoms with E-state index in [0.29, 0.717) is 12.0 Å². The maximum Gasteiger partial charge on any atom is 0.329 e. The van der Waals surface area contributed by atoms with Crippen molar-refractivity contribution in [1.29, 1.82) is 0 Å². The van der Waals surface area contributed by atoms with Crippen LogP contribution in [0.1, 0.15) is 44.5 Å². The van der Waals surface area contributed by atoms with Crippen molar-refractivity contribution in [2.75, 3.05) is 0 Å². The summed E-state index contributed by atoms with van der Waals surface area (Å²) in [4.78, 5) is 48.1. The predicted octanol–water partition coefficient (Wildman–Crippen LogP) is 1.59. The number of nitrogens with two attached hydrogens (primary N) is 1. The van der Waals surface area contributed by atoms with E-state index in [1.54, 1.807) is 51.1 Å². The molecule has 1 rings (SSSR count). The second-order valence-corrected chi connectivity index (χ2v) is 6.66. The van der Waals surface area contributed by atoms with E-state index >= 15 is 0 Å². The number of hydrogen-bond acceptors (Lipinski definition) is 5. The average molecular weight is 377 g/mol. The Morgan fingerprint density at radius 3 is 2.15 bits per heavy atom. The van der Waals surface area contributed by atoms with Gasteiger partial charge in [0, 0.05) is 5.56 Å². The second-order valence-electron chi connectivity index (χ2n) is 6.66. The molecule has 0 fully saturated rings. The lowest BCUT2D eigenvalue weighted by molar-refractivity contribution is -0.161. The number of esters is 1. The van der Waals surface area contributed by atoms with Crippen LogP contribution in [-0.2, 0) is 14.3 Å². The highest BCUT2D eigenvalue weighted by atomic mass is 16.6. The predicted molar refractivity (Wildman–Crippen MR) is 99.6 cm³/mol. The fraction of sp³-hybridized carbons (Fsp3) is 0.474. The molecule has 0 saturated heterocycles. The van der Waals surface area contributed by atoms with Crippen LogP contribution in [0.15, 0.2) is 30.3 Å². The maximum absolute atomic E-state index is 12.7. The molecule has 148 valence electrons. The highest BCUT2D eigenvalue weighted by Crippen LogP contribution is 2.15. The topological polar surface area (TPSA) is 128 Å². The summed E-state index contributed by atoms with van der Waals surface area (Å²) in [5.74, 6) is -2.58. The van der Waals surface area contributed by atoms with E-state index in [1.807, 2.05) is 12.2 Å². The summed E-state index contributed by atoms with van der Waals surface area (Å²) in [5, 5.41) is 4.58. The van der Waals surface area contributed by atoms with E-state index in [9.17, 15) is 19.2 Å². The Balaban J connectivity index is 2.94. The first-order valence-electron chi connectivity index (χ1n) is 8.84. The van der Waals surface area contributed by atoms with Crippen LogP contribution in [0.5, 0.6) is 0 Å². The molecule has 1 aromatic carbocycles. The Labute approximate surface area is 158 Å². The monoisotopic (exact) mass is 377 g/mol. The Morgan fingerprint density at radius 1 is 1.07 bits per heavy atom. The lowest BCUT2D eigenvalue weighted by Crippen LogP contribution is -2.51. The zero-order valence-electron chi connectivity index (χ0n) is 16.0. The first kappa shape index (κ1) is 22.1. The van der Waals surface area contributed by atoms with Crippen molar-refractivity contribution in [1.82, 2.24) is 10.6 Å². The van der Waals surface area contributed by atoms with Gasteiger partial charge in [-0.3, -0.25) is 14.9 Å². The minimum Gasteiger partial charge on any atom is -0.450 e. The van der Waals surface area contributed by atoms with Gasteiger partial charge >= 0.3 is 12.0 Å². The summed E-state index contributed by atoms with van der Waals surface area (Å²) in [6.07, 6.45) is -0.598. The number of hydrogen-bond donors (Lipinski definition) is 3. The van der Waals surface area contributed by atoms with E-state index in [-0.39, 0.29) is 5.92 Å². The summed E-state index contributed by atoms with van der Waals surface area (Å²) >= 11 is 0. The number of urea groups is 1. The molecular formula is C19H27N3O5. The van der Waals surface area contributed by atoms with Crippen LogP contribution in [0.25, 0.3) is 0 Å². The smallest absolute Gasteiger partial charge is 0.329 e. The van der Waals surface area contributed by atoms with Gasteiger partial charge in [-0.2, -0.15) is 0 Å². The minimum absolute atomic E-state index is 0.225. The molecule has 3 atom stereocenters. The zero-order valence-corrected chi connectivity index (χ0v) is 16.0. The van der Waals surface area contributed by atoms with Crippen LogP contribution in [0.3, 0.4) is 0 Å². The zero-order chi connectivity index (χ0) is 20.6. The SMILES string of the molecule is CC[C@H](C)[C@H](NC(=O)c1ccccc1)C(=O)O[C@H](C(=O)NC(N)=O)C(C)C. The molecule has 4 amide bonds. The quantitative estimate of drug-likeness (QED) is 0.593. The van der Waals surface area contributed by atoms with Gasteiger partial charge in [0.05, 0.1) is 0 Å². The average Bonchev–Trinajstić information content (AvgIpc) is 2.62. The van der Waals surface area contributed by atoms with E-state index in [0.717, 1.165) is 0 Å². The van der Waals surface area contributed by atoms with Gasteiger partial charge in [0.15, 0.2) is 6.10 Å². The molecule has 1 aromatic rings. The maximum atomic E-state index is 12.7. The van der Waals surface area contributed by atoms with Crippen LogP contribution in [0.4, 0.5) is 4.79 Å². The summed E-state index contributed by atoms with van der Waals surface area (Å²) in [7, 11) is 0. The van der Waals surface area contributed by atoms with Gasteiger partial charge in [0.25, 0.3) is 11.8 Å². The number of nitrogens with one attached hydrogen (secondary N) is 2. The van der Waals surface area contributed by atoms with Crippen LogP contribution in [0, 0.1) is 11.8 Å². The van der Waals surface area contributed by atoms with Gasteiger partial charge in [-0.15, -0.1) is 0 Å². The second kappa shape index (κ2) is 10.3. The van der Waals surface area contributed by atoms with Crippen molar-refractivity contribution >= 4 is 23.8 Å². The standard InChI is InChI=1S/C19H27N3O5/c1-5-12(4)14(21-16(23)13-9-7-6-8-10-13)18(25)27-15(11(2)3)17(24)22-19(20)26/h6-12,14-15H,5H2,1-4H3,(H,21,23)(H3,20,22,24,26)/t12-,14-,15-/m0/s1. The molecule has 0 aliphatic rings. The summed E-state index contributed by atoms with van der Waals surface area (Å²) < 4.78 is 5.32. The molecule has 0 aliphatic heterocycles. The number of benzene rings is 1. The Morgan fingerprint density at radius 2 is 1.67 bits per heavy atom. The number of imide groups is 1. The van der Waals surface area contributed by atoms with E-state index < -0.39 is 41.9 Å². The molecule has 0 bridgehead atoms. The Bertz CT molecular complexity index is 675. The molecular weight excluding hydrogens is 350 g/mol. The number of carbonyl (C=O) groups is 4. The number of primary amides is 1. The summed E-state index contributed by atoms with van der Waals surface area (Å²) in [6, 6.07) is 6.50. The third kappa shape index (κ3) is 6.73. The fourth-order valence-electron chi connectivity index (χ4n) is 2.37. The van der Waals surface area contributed by atoms with Crippen molar-refractivity contribution in [3.63, 3.8) is 0 Å². The van der Waals surface area contributed by atoms with Crippen molar-refractivity contribution in [2.24, 2.45) is 17.6 Å². The van der Waals surface area contributed by atoms with Gasteiger partial charge in [-0.25, -0.2) is 9.59 Å². The molecule has 0 unspecified atom stereocenters. The molecule has 4 N–H and O–H groups in total. The molecule has 0 aliphatic carbocycles. The first-order valence-corrected chi connectivity index (χ1v) is 8.84. The van der Waals surface area contributed by atoms with Crippen LogP contribution in [-0.4, -0.2) is 36.0 Å². The van der Waals surface area contributed by atoms with Crippen LogP contribution in [0.2, 0.25) is 0 Å². The fourth-order valence-corrected chi connectivity index (χ4v) is 2.37. The van der Waals surface area contributed by atoms with Crippen LogP contribution >= 0.6 is 0 Å². The minimum atomic E-state index is -1.20. The largest absolute Gasteiger partial charge is 0.450 e. The van der Waals surface area contributed by atoms with Crippen molar-refractivity contribution in [3.8, 4) is 0 Å². The van der Waals surface area contributed by atoms with Crippen molar-refractivity contribution in [2.45, 2.75) is 46.3 Å². The molecule has 8 heteroatoms. The third-order valence-electron chi connectivity index (χ3n) is 4.14. The van der Waals surface area contributed by atoms with E-state index in [2.05, 4.69) is 5.32 Å². The summed E-state index contributed by atoms with van der Waals surface area (Å²) in [5.41, 5.74) is 5.36. The molecule has 0 radical (unpaired) electrons. The van der Waals surface area contributed by atoms with Crippen molar-refractivity contribution < 1.29 is 23.9 Å². The Hall–Kier alpha value is -2.90. The molecule has 0 spiro atoms. The van der Waals surface area contributed by atoms with Crippen molar-refractivity contribution in [3.05, 3.63) is 35.9 Å². The van der Waals surface area contributed by atoms with E-state index in [1.165, 1.54) is 0 Å². The van der Waals surface area contributed by atoms with E-state index in [4.69, 9.17) is 10.5 Å². The molecule has 8 nitrogen and oxygen atoms in total. The lowest BCUT2D eigenvalue weighted by Gasteiger charge is -2.26. The van der Waals surface area contributed by atoms with Gasteiger partial charge < -0.3 is 15.8 Å². The number of ether oxygens (including phenoxy) is 1. The lowest BCUT2D eigenvalue weighted by atomic mass is 9.98. The first-order chi connectivity index (χ1) is 12.7. The molecule has 0 saturated carbocycles. The van der Waals surface area contributed by atoms with Gasteiger partial charge in [-0.1, -0.05) is 52.3 Å². The highest BCUT2D eigenvalue weighted by molar-refractivity contribution is 5.98. The van der Waals surface area contributed by atoms with Gasteiger partial charge in [0.2, 0.25) is 0 Å². The number of rotatable bonds is 8. The Kier molecular flexibility index (Phi) is 8.44. The number of carbonyl (C=O) groups excluding carboxylic acids is 4. The molecule has 0 aromatic heterocycles. The van der Waals surface area contributed by atoms with Gasteiger partial charge in [-0.05, 0) is 24.0 Å². The highest BCUT2D eigenvalue weighted by Gasteiger charge is 2.33. The number of amides is 4. The van der Waals surface area contributed by atoms with Gasteiger partial charge in [0.1, 0.15) is 6.04 Å². The molecule has 27 heavy (non-hydrogen) atoms. The summed E-state index contributed by atoms with van der Waals surface area (Å²) in [6.45, 7) is 7.00.